The van der Waals surface area contributed by atoms with Gasteiger partial charge in [0.25, 0.3) is 0 Å². The standard InChI is InChI=1S/C21H17NO2S/c1-13-10-18(23)14(2)21-20(13)22-17-9-8-16(11-19(17)25-21)24-12-15-6-4-3-5-7-15/h3-11H,12H2,1-2H3. The van der Waals surface area contributed by atoms with Crippen LogP contribution in [0.2, 0.25) is 0 Å². The summed E-state index contributed by atoms with van der Waals surface area (Å²) in [5.41, 5.74) is 4.71. The van der Waals surface area contributed by atoms with Crippen molar-refractivity contribution in [1.82, 2.24) is 4.98 Å². The summed E-state index contributed by atoms with van der Waals surface area (Å²) in [4.78, 5) is 17.8. The predicted molar refractivity (Wildman–Crippen MR) is 103 cm³/mol. The smallest absolute Gasteiger partial charge is 0.183 e. The summed E-state index contributed by atoms with van der Waals surface area (Å²) < 4.78 is 6.93. The molecule has 1 aliphatic heterocycles. The van der Waals surface area contributed by atoms with E-state index in [0.29, 0.717) is 6.61 Å². The number of hydrogen-bond acceptors (Lipinski definition) is 4. The van der Waals surface area contributed by atoms with E-state index in [0.717, 1.165) is 43.2 Å². The van der Waals surface area contributed by atoms with Crippen LogP contribution in [-0.4, -0.2) is 4.98 Å². The molecule has 124 valence electrons. The fourth-order valence-corrected chi connectivity index (χ4v) is 4.01. The molecule has 0 unspecified atom stereocenters. The summed E-state index contributed by atoms with van der Waals surface area (Å²) in [6, 6.07) is 17.7. The van der Waals surface area contributed by atoms with Crippen molar-refractivity contribution in [1.29, 1.82) is 0 Å². The third kappa shape index (κ3) is 3.01. The maximum absolute atomic E-state index is 12.1. The van der Waals surface area contributed by atoms with E-state index < -0.39 is 0 Å². The van der Waals surface area contributed by atoms with Crippen LogP contribution >= 0.6 is 11.3 Å². The van der Waals surface area contributed by atoms with Crippen molar-refractivity contribution in [2.45, 2.75) is 20.5 Å². The zero-order chi connectivity index (χ0) is 17.4. The van der Waals surface area contributed by atoms with Crippen molar-refractivity contribution in [2.75, 3.05) is 0 Å². The number of rotatable bonds is 3. The van der Waals surface area contributed by atoms with Crippen LogP contribution in [0.3, 0.4) is 0 Å². The van der Waals surface area contributed by atoms with Crippen LogP contribution in [0.25, 0.3) is 20.8 Å². The lowest BCUT2D eigenvalue weighted by Crippen LogP contribution is -2.08. The lowest BCUT2D eigenvalue weighted by molar-refractivity contribution is 0.306. The minimum Gasteiger partial charge on any atom is -0.489 e. The molecular formula is C21H17NO2S. The highest BCUT2D eigenvalue weighted by atomic mass is 32.1. The van der Waals surface area contributed by atoms with Gasteiger partial charge in [-0.25, -0.2) is 4.98 Å². The van der Waals surface area contributed by atoms with Crippen molar-refractivity contribution in [3.63, 3.8) is 0 Å². The van der Waals surface area contributed by atoms with Crippen LogP contribution in [0.4, 0.5) is 0 Å². The monoisotopic (exact) mass is 347 g/mol. The van der Waals surface area contributed by atoms with Crippen LogP contribution in [-0.2, 0) is 6.61 Å². The molecule has 2 aromatic rings. The molecule has 2 aromatic carbocycles. The fraction of sp³-hybridized carbons (Fsp3) is 0.143. The highest BCUT2D eigenvalue weighted by Crippen LogP contribution is 2.35. The zero-order valence-electron chi connectivity index (χ0n) is 14.1. The van der Waals surface area contributed by atoms with Crippen LogP contribution in [0.5, 0.6) is 5.75 Å². The van der Waals surface area contributed by atoms with Crippen LogP contribution < -0.4 is 10.2 Å². The Labute approximate surface area is 149 Å². The van der Waals surface area contributed by atoms with Gasteiger partial charge in [-0.2, -0.15) is 0 Å². The van der Waals surface area contributed by atoms with Gasteiger partial charge in [-0.15, -0.1) is 11.3 Å². The Hall–Kier alpha value is -2.72. The number of hydrogen-bond donors (Lipinski definition) is 0. The quantitative estimate of drug-likeness (QED) is 0.492. The van der Waals surface area contributed by atoms with E-state index in [-0.39, 0.29) is 5.43 Å². The average molecular weight is 347 g/mol. The molecule has 0 bridgehead atoms. The van der Waals surface area contributed by atoms with Gasteiger partial charge >= 0.3 is 0 Å². The number of fused-ring (bicyclic) bond motifs is 2. The summed E-state index contributed by atoms with van der Waals surface area (Å²) in [7, 11) is 0. The first-order valence-corrected chi connectivity index (χ1v) is 8.95. The normalized spacial score (nSPS) is 11.1. The predicted octanol–water partition coefficient (Wildman–Crippen LogP) is 4.96. The van der Waals surface area contributed by atoms with Gasteiger partial charge in [0.2, 0.25) is 0 Å². The molecule has 4 rings (SSSR count). The number of ether oxygens (including phenoxy) is 1. The fourth-order valence-electron chi connectivity index (χ4n) is 2.84. The molecule has 0 N–H and O–H groups in total. The summed E-state index contributed by atoms with van der Waals surface area (Å²) in [5.74, 6) is 0.807. The van der Waals surface area contributed by atoms with Crippen molar-refractivity contribution < 1.29 is 4.74 Å². The van der Waals surface area contributed by atoms with E-state index in [1.807, 2.05) is 62.4 Å². The van der Waals surface area contributed by atoms with Gasteiger partial charge in [0, 0.05) is 5.56 Å². The summed E-state index contributed by atoms with van der Waals surface area (Å²) in [6.45, 7) is 4.33. The topological polar surface area (TPSA) is 39.2 Å². The largest absolute Gasteiger partial charge is 0.489 e. The van der Waals surface area contributed by atoms with Gasteiger partial charge in [0.1, 0.15) is 12.4 Å². The summed E-state index contributed by atoms with van der Waals surface area (Å²) in [5, 5.41) is 0. The second-order valence-electron chi connectivity index (χ2n) is 6.11. The van der Waals surface area contributed by atoms with Gasteiger partial charge < -0.3 is 4.74 Å². The first-order valence-electron chi connectivity index (χ1n) is 8.13. The maximum Gasteiger partial charge on any atom is 0.183 e. The third-order valence-electron chi connectivity index (χ3n) is 4.27. The Bertz CT molecular complexity index is 1090. The molecule has 0 fully saturated rings. The Kier molecular flexibility index (Phi) is 3.98. The van der Waals surface area contributed by atoms with Gasteiger partial charge in [0.05, 0.1) is 20.8 Å². The molecule has 2 aliphatic rings. The highest BCUT2D eigenvalue weighted by Gasteiger charge is 2.15. The van der Waals surface area contributed by atoms with Gasteiger partial charge in [-0.3, -0.25) is 4.79 Å². The maximum atomic E-state index is 12.1. The Morgan fingerprint density at radius 2 is 1.84 bits per heavy atom. The van der Waals surface area contributed by atoms with Crippen molar-refractivity contribution in [2.24, 2.45) is 0 Å². The minimum atomic E-state index is 0.0684. The number of aromatic nitrogens is 1. The SMILES string of the molecule is Cc1cc(=O)c(C)c2sc3cc(OCc4ccccc4)ccc3nc1-2. The van der Waals surface area contributed by atoms with Crippen LogP contribution in [0.15, 0.2) is 59.4 Å². The second-order valence-corrected chi connectivity index (χ2v) is 7.16. The van der Waals surface area contributed by atoms with Crippen LogP contribution in [0.1, 0.15) is 16.7 Å². The van der Waals surface area contributed by atoms with Crippen molar-refractivity contribution in [3.05, 3.63) is 81.5 Å². The van der Waals surface area contributed by atoms with Crippen molar-refractivity contribution in [3.8, 4) is 16.3 Å². The Balaban J connectivity index is 1.75. The van der Waals surface area contributed by atoms with Crippen LogP contribution in [0, 0.1) is 13.8 Å². The molecule has 0 spiro atoms. The minimum absolute atomic E-state index is 0.0684. The molecule has 25 heavy (non-hydrogen) atoms. The van der Waals surface area contributed by atoms with Gasteiger partial charge in [-0.05, 0) is 49.2 Å². The Morgan fingerprint density at radius 1 is 1.04 bits per heavy atom. The molecule has 1 heterocycles. The molecule has 0 saturated heterocycles. The number of aryl methyl sites for hydroxylation is 1. The summed E-state index contributed by atoms with van der Waals surface area (Å²) >= 11 is 1.60. The lowest BCUT2D eigenvalue weighted by Gasteiger charge is -2.12. The molecule has 1 aliphatic carbocycles. The van der Waals surface area contributed by atoms with Crippen molar-refractivity contribution >= 4 is 21.6 Å². The number of nitrogens with zero attached hydrogens (tertiary/aromatic N) is 1. The first kappa shape index (κ1) is 15.8. The molecule has 0 amide bonds. The number of benzene rings is 3. The highest BCUT2D eigenvalue weighted by molar-refractivity contribution is 7.21. The van der Waals surface area contributed by atoms with E-state index in [9.17, 15) is 4.79 Å². The molecule has 4 heteroatoms. The van der Waals surface area contributed by atoms with E-state index in [4.69, 9.17) is 9.72 Å². The van der Waals surface area contributed by atoms with Gasteiger partial charge in [-0.1, -0.05) is 30.3 Å². The third-order valence-corrected chi connectivity index (χ3v) is 5.52. The average Bonchev–Trinajstić information content (AvgIpc) is 2.64. The molecule has 0 aromatic heterocycles. The van der Waals surface area contributed by atoms with Gasteiger partial charge in [0.15, 0.2) is 5.43 Å². The molecule has 0 atom stereocenters. The van der Waals surface area contributed by atoms with E-state index >= 15 is 0 Å². The van der Waals surface area contributed by atoms with E-state index in [1.54, 1.807) is 17.4 Å². The molecular weight excluding hydrogens is 330 g/mol. The molecule has 0 saturated carbocycles. The van der Waals surface area contributed by atoms with E-state index in [2.05, 4.69) is 0 Å². The Morgan fingerprint density at radius 3 is 2.64 bits per heavy atom. The lowest BCUT2D eigenvalue weighted by atomic mass is 10.1. The summed E-state index contributed by atoms with van der Waals surface area (Å²) in [6.07, 6.45) is 0. The molecule has 0 radical (unpaired) electrons. The zero-order valence-corrected chi connectivity index (χ0v) is 14.9. The first-order chi connectivity index (χ1) is 12.1. The van der Waals surface area contributed by atoms with E-state index in [1.165, 1.54) is 0 Å². The molecule has 3 nitrogen and oxygen atoms in total. The second kappa shape index (κ2) is 6.30.